The van der Waals surface area contributed by atoms with Crippen molar-refractivity contribution in [3.05, 3.63) is 36.0 Å². The van der Waals surface area contributed by atoms with Gasteiger partial charge in [-0.15, -0.1) is 0 Å². The van der Waals surface area contributed by atoms with Crippen LogP contribution in [0.25, 0.3) is 10.9 Å². The summed E-state index contributed by atoms with van der Waals surface area (Å²) in [6, 6.07) is 5.58. The fourth-order valence-corrected chi connectivity index (χ4v) is 1.98. The minimum absolute atomic E-state index is 0.0442. The van der Waals surface area contributed by atoms with Gasteiger partial charge in [-0.25, -0.2) is 0 Å². The van der Waals surface area contributed by atoms with E-state index in [1.165, 1.54) is 12.5 Å². The van der Waals surface area contributed by atoms with Crippen LogP contribution >= 0.6 is 0 Å². The second-order valence-corrected chi connectivity index (χ2v) is 4.86. The molecule has 0 fully saturated rings. The largest absolute Gasteiger partial charge is 0.497 e. The van der Waals surface area contributed by atoms with Crippen molar-refractivity contribution in [1.29, 1.82) is 0 Å². The predicted molar refractivity (Wildman–Crippen MR) is 79.7 cm³/mol. The van der Waals surface area contributed by atoms with Crippen LogP contribution in [0.1, 0.15) is 25.6 Å². The summed E-state index contributed by atoms with van der Waals surface area (Å²) in [6.07, 6.45) is 3.72. The summed E-state index contributed by atoms with van der Waals surface area (Å²) < 4.78 is 12.6. The molecule has 0 aliphatic carbocycles. The van der Waals surface area contributed by atoms with Crippen LogP contribution < -0.4 is 9.47 Å². The van der Waals surface area contributed by atoms with Gasteiger partial charge in [-0.1, -0.05) is 5.57 Å². The highest BCUT2D eigenvalue weighted by atomic mass is 16.5. The average Bonchev–Trinajstić information content (AvgIpc) is 2.76. The van der Waals surface area contributed by atoms with E-state index >= 15 is 0 Å². The topological polar surface area (TPSA) is 40.5 Å². The van der Waals surface area contributed by atoms with E-state index < -0.39 is 0 Å². The number of allylic oxidation sites excluding steroid dienone is 1. The molecule has 0 saturated heterocycles. The van der Waals surface area contributed by atoms with Crippen LogP contribution in [0.5, 0.6) is 11.5 Å². The Morgan fingerprint density at radius 1 is 1.30 bits per heavy atom. The first-order valence-electron chi connectivity index (χ1n) is 6.49. The fraction of sp³-hybridized carbons (Fsp3) is 0.312. The number of carbonyl (C=O) groups is 1. The minimum Gasteiger partial charge on any atom is -0.497 e. The highest BCUT2D eigenvalue weighted by Gasteiger charge is 2.12. The molecule has 1 aromatic heterocycles. The summed E-state index contributed by atoms with van der Waals surface area (Å²) in [7, 11) is 1.62. The van der Waals surface area contributed by atoms with Crippen molar-refractivity contribution in [2.75, 3.05) is 13.7 Å². The molecule has 4 heteroatoms. The van der Waals surface area contributed by atoms with Crippen molar-refractivity contribution in [1.82, 2.24) is 4.57 Å². The number of fused-ring (bicyclic) bond motifs is 1. The Labute approximate surface area is 118 Å². The highest BCUT2D eigenvalue weighted by molar-refractivity contribution is 5.96. The molecule has 2 aromatic rings. The summed E-state index contributed by atoms with van der Waals surface area (Å²) in [5.41, 5.74) is 2.02. The Hall–Kier alpha value is -2.23. The lowest BCUT2D eigenvalue weighted by atomic mass is 10.2. The molecule has 2 rings (SSSR count). The van der Waals surface area contributed by atoms with E-state index in [0.29, 0.717) is 12.4 Å². The van der Waals surface area contributed by atoms with Crippen molar-refractivity contribution < 1.29 is 14.3 Å². The zero-order chi connectivity index (χ0) is 14.7. The lowest BCUT2D eigenvalue weighted by Gasteiger charge is -2.03. The molecule has 1 heterocycles. The van der Waals surface area contributed by atoms with Gasteiger partial charge in [0.05, 0.1) is 18.8 Å². The van der Waals surface area contributed by atoms with Crippen molar-refractivity contribution in [3.63, 3.8) is 0 Å². The number of benzene rings is 1. The molecule has 0 spiro atoms. The van der Waals surface area contributed by atoms with E-state index in [-0.39, 0.29) is 5.91 Å². The Kier molecular flexibility index (Phi) is 4.13. The SMILES string of the molecule is COc1ccc2c(c1)c(OCC=C(C)C)cn2C(C)=O. The van der Waals surface area contributed by atoms with E-state index in [1.807, 2.05) is 38.1 Å². The number of hydrogen-bond acceptors (Lipinski definition) is 3. The van der Waals surface area contributed by atoms with Crippen molar-refractivity contribution in [2.24, 2.45) is 0 Å². The number of hydrogen-bond donors (Lipinski definition) is 0. The van der Waals surface area contributed by atoms with Crippen molar-refractivity contribution in [2.45, 2.75) is 20.8 Å². The minimum atomic E-state index is -0.0442. The smallest absolute Gasteiger partial charge is 0.228 e. The summed E-state index contributed by atoms with van der Waals surface area (Å²) in [5, 5.41) is 0.877. The molecule has 4 nitrogen and oxygen atoms in total. The molecular weight excluding hydrogens is 254 g/mol. The molecule has 0 atom stereocenters. The van der Waals surface area contributed by atoms with E-state index in [0.717, 1.165) is 16.7 Å². The third-order valence-corrected chi connectivity index (χ3v) is 3.04. The van der Waals surface area contributed by atoms with Gasteiger partial charge in [-0.05, 0) is 38.1 Å². The maximum absolute atomic E-state index is 11.7. The fourth-order valence-electron chi connectivity index (χ4n) is 1.98. The number of nitrogens with zero attached hydrogens (tertiary/aromatic N) is 1. The summed E-state index contributed by atoms with van der Waals surface area (Å²) >= 11 is 0. The number of ether oxygens (including phenoxy) is 2. The maximum Gasteiger partial charge on any atom is 0.228 e. The van der Waals surface area contributed by atoms with Crippen LogP contribution in [0.3, 0.4) is 0 Å². The normalized spacial score (nSPS) is 10.4. The van der Waals surface area contributed by atoms with Gasteiger partial charge < -0.3 is 9.47 Å². The maximum atomic E-state index is 11.7. The second-order valence-electron chi connectivity index (χ2n) is 4.86. The number of aromatic nitrogens is 1. The van der Waals surface area contributed by atoms with Crippen molar-refractivity contribution in [3.8, 4) is 11.5 Å². The monoisotopic (exact) mass is 273 g/mol. The Morgan fingerprint density at radius 2 is 2.05 bits per heavy atom. The van der Waals surface area contributed by atoms with E-state index in [2.05, 4.69) is 0 Å². The van der Waals surface area contributed by atoms with Crippen LogP contribution in [0.2, 0.25) is 0 Å². The van der Waals surface area contributed by atoms with E-state index in [4.69, 9.17) is 9.47 Å². The van der Waals surface area contributed by atoms with Crippen LogP contribution in [0, 0.1) is 0 Å². The molecule has 0 unspecified atom stereocenters. The number of carbonyl (C=O) groups excluding carboxylic acids is 1. The molecule has 0 saturated carbocycles. The predicted octanol–water partition coefficient (Wildman–Crippen LogP) is 3.66. The van der Waals surface area contributed by atoms with Gasteiger partial charge >= 0.3 is 0 Å². The molecule has 20 heavy (non-hydrogen) atoms. The van der Waals surface area contributed by atoms with Gasteiger partial charge in [0.15, 0.2) is 0 Å². The zero-order valence-corrected chi connectivity index (χ0v) is 12.3. The molecule has 0 amide bonds. The van der Waals surface area contributed by atoms with Gasteiger partial charge in [-0.3, -0.25) is 9.36 Å². The van der Waals surface area contributed by atoms with Crippen LogP contribution in [-0.4, -0.2) is 24.2 Å². The number of rotatable bonds is 4. The Bertz CT molecular complexity index is 664. The lowest BCUT2D eigenvalue weighted by molar-refractivity contribution is 0.0941. The molecule has 0 radical (unpaired) electrons. The third kappa shape index (κ3) is 2.85. The van der Waals surface area contributed by atoms with Gasteiger partial charge in [0.1, 0.15) is 18.1 Å². The summed E-state index contributed by atoms with van der Waals surface area (Å²) in [4.78, 5) is 11.7. The second kappa shape index (κ2) is 5.82. The zero-order valence-electron chi connectivity index (χ0n) is 12.3. The molecule has 0 N–H and O–H groups in total. The average molecular weight is 273 g/mol. The van der Waals surface area contributed by atoms with Crippen LogP contribution in [-0.2, 0) is 0 Å². The van der Waals surface area contributed by atoms with E-state index in [9.17, 15) is 4.79 Å². The van der Waals surface area contributed by atoms with E-state index in [1.54, 1.807) is 17.9 Å². The Morgan fingerprint density at radius 3 is 2.65 bits per heavy atom. The quantitative estimate of drug-likeness (QED) is 0.798. The Balaban J connectivity index is 2.46. The number of methoxy groups -OCH3 is 1. The molecular formula is C16H19NO3. The first-order valence-corrected chi connectivity index (χ1v) is 6.49. The highest BCUT2D eigenvalue weighted by Crippen LogP contribution is 2.31. The van der Waals surface area contributed by atoms with Gasteiger partial charge in [-0.2, -0.15) is 0 Å². The lowest BCUT2D eigenvalue weighted by Crippen LogP contribution is -2.03. The van der Waals surface area contributed by atoms with Gasteiger partial charge in [0.25, 0.3) is 0 Å². The van der Waals surface area contributed by atoms with Crippen LogP contribution in [0.15, 0.2) is 36.0 Å². The summed E-state index contributed by atoms with van der Waals surface area (Å²) in [5.74, 6) is 1.38. The molecule has 0 aliphatic rings. The van der Waals surface area contributed by atoms with Gasteiger partial charge in [0.2, 0.25) is 5.91 Å². The molecule has 0 aliphatic heterocycles. The molecule has 0 bridgehead atoms. The van der Waals surface area contributed by atoms with Crippen LogP contribution in [0.4, 0.5) is 0 Å². The molecule has 1 aromatic carbocycles. The first kappa shape index (κ1) is 14.2. The van der Waals surface area contributed by atoms with Crippen molar-refractivity contribution >= 4 is 16.8 Å². The first-order chi connectivity index (χ1) is 9.52. The molecule has 106 valence electrons. The van der Waals surface area contributed by atoms with Gasteiger partial charge in [0, 0.05) is 12.3 Å². The standard InChI is InChI=1S/C16H19NO3/c1-11(2)7-8-20-16-10-17(12(3)18)15-6-5-13(19-4)9-14(15)16/h5-7,9-10H,8H2,1-4H3. The summed E-state index contributed by atoms with van der Waals surface area (Å²) in [6.45, 7) is 6.05. The third-order valence-electron chi connectivity index (χ3n) is 3.04.